The summed E-state index contributed by atoms with van der Waals surface area (Å²) in [7, 11) is 0. The van der Waals surface area contributed by atoms with E-state index in [2.05, 4.69) is 26.6 Å². The zero-order valence-electron chi connectivity index (χ0n) is 17.6. The van der Waals surface area contributed by atoms with Crippen molar-refractivity contribution in [3.05, 3.63) is 29.1 Å². The van der Waals surface area contributed by atoms with Gasteiger partial charge in [0.2, 0.25) is 22.6 Å². The quantitative estimate of drug-likeness (QED) is 0.598. The van der Waals surface area contributed by atoms with Gasteiger partial charge in [-0.1, -0.05) is 30.6 Å². The molecule has 2 fully saturated rings. The molecular formula is C22H24N6O3S. The standard InChI is InChI=1S/C22H24N6O3S/c23-13-16-21(31-19(24-16)17-7-4-12-30-17)28-10-8-14(9-11-28)18(29)25-22-27-26-20(32-22)15-5-2-1-3-6-15/h4,7,12,14-15H,1-3,5-6,8-11H2,(H,25,27,29). The molecular weight excluding hydrogens is 428 g/mol. The summed E-state index contributed by atoms with van der Waals surface area (Å²) in [4.78, 5) is 19.0. The van der Waals surface area contributed by atoms with Crippen LogP contribution in [-0.2, 0) is 4.79 Å². The van der Waals surface area contributed by atoms with E-state index in [0.717, 1.165) is 17.8 Å². The molecule has 3 aromatic rings. The molecule has 3 aromatic heterocycles. The first-order valence-electron chi connectivity index (χ1n) is 11.1. The normalized spacial score (nSPS) is 17.9. The van der Waals surface area contributed by atoms with Crippen LogP contribution in [0.2, 0.25) is 0 Å². The number of furan rings is 1. The first kappa shape index (κ1) is 20.7. The van der Waals surface area contributed by atoms with Gasteiger partial charge in [-0.05, 0) is 37.8 Å². The molecule has 0 aromatic carbocycles. The number of piperidine rings is 1. The van der Waals surface area contributed by atoms with E-state index in [1.54, 1.807) is 12.1 Å². The highest BCUT2D eigenvalue weighted by molar-refractivity contribution is 7.15. The van der Waals surface area contributed by atoms with Crippen molar-refractivity contribution in [1.29, 1.82) is 5.26 Å². The summed E-state index contributed by atoms with van der Waals surface area (Å²) in [5.74, 6) is 1.53. The van der Waals surface area contributed by atoms with Crippen LogP contribution in [0.15, 0.2) is 27.2 Å². The van der Waals surface area contributed by atoms with Crippen molar-refractivity contribution in [2.24, 2.45) is 5.92 Å². The molecule has 0 radical (unpaired) electrons. The Balaban J connectivity index is 1.19. The number of nitriles is 1. The zero-order valence-corrected chi connectivity index (χ0v) is 18.4. The first-order chi connectivity index (χ1) is 15.7. The number of amides is 1. The van der Waals surface area contributed by atoms with Gasteiger partial charge in [-0.3, -0.25) is 4.79 Å². The van der Waals surface area contributed by atoms with Gasteiger partial charge in [0.15, 0.2) is 5.76 Å². The van der Waals surface area contributed by atoms with E-state index in [9.17, 15) is 10.1 Å². The van der Waals surface area contributed by atoms with Crippen LogP contribution in [0.5, 0.6) is 0 Å². The highest BCUT2D eigenvalue weighted by Gasteiger charge is 2.30. The van der Waals surface area contributed by atoms with E-state index in [1.165, 1.54) is 36.9 Å². The van der Waals surface area contributed by atoms with Gasteiger partial charge in [0, 0.05) is 24.9 Å². The fraction of sp³-hybridized carbons (Fsp3) is 0.500. The van der Waals surface area contributed by atoms with Gasteiger partial charge in [0.25, 0.3) is 5.89 Å². The maximum Gasteiger partial charge on any atom is 0.266 e. The van der Waals surface area contributed by atoms with Crippen molar-refractivity contribution in [1.82, 2.24) is 15.2 Å². The van der Waals surface area contributed by atoms with Crippen LogP contribution >= 0.6 is 11.3 Å². The summed E-state index contributed by atoms with van der Waals surface area (Å²) in [6.45, 7) is 1.20. The van der Waals surface area contributed by atoms with Gasteiger partial charge in [-0.2, -0.15) is 10.2 Å². The van der Waals surface area contributed by atoms with Gasteiger partial charge < -0.3 is 19.1 Å². The molecule has 5 rings (SSSR count). The van der Waals surface area contributed by atoms with Crippen molar-refractivity contribution in [3.63, 3.8) is 0 Å². The summed E-state index contributed by atoms with van der Waals surface area (Å²) in [5, 5.41) is 22.6. The minimum atomic E-state index is -0.119. The number of nitrogens with zero attached hydrogens (tertiary/aromatic N) is 5. The van der Waals surface area contributed by atoms with Gasteiger partial charge >= 0.3 is 0 Å². The summed E-state index contributed by atoms with van der Waals surface area (Å²) in [5.41, 5.74) is 0.225. The van der Waals surface area contributed by atoms with Gasteiger partial charge in [0.1, 0.15) is 11.1 Å². The van der Waals surface area contributed by atoms with E-state index in [0.29, 0.717) is 48.6 Å². The van der Waals surface area contributed by atoms with Crippen LogP contribution in [0.25, 0.3) is 11.7 Å². The highest BCUT2D eigenvalue weighted by Crippen LogP contribution is 2.36. The largest absolute Gasteiger partial charge is 0.459 e. The summed E-state index contributed by atoms with van der Waals surface area (Å²) in [6, 6.07) is 5.57. The number of carbonyl (C=O) groups is 1. The lowest BCUT2D eigenvalue weighted by Gasteiger charge is -2.30. The number of carbonyl (C=O) groups excluding carboxylic acids is 1. The van der Waals surface area contributed by atoms with Crippen molar-refractivity contribution < 1.29 is 13.6 Å². The Kier molecular flexibility index (Phi) is 5.90. The van der Waals surface area contributed by atoms with E-state index < -0.39 is 0 Å². The minimum absolute atomic E-state index is 0.0228. The molecule has 32 heavy (non-hydrogen) atoms. The number of aromatic nitrogens is 3. The van der Waals surface area contributed by atoms with Gasteiger partial charge in [-0.15, -0.1) is 10.2 Å². The molecule has 9 nitrogen and oxygen atoms in total. The second kappa shape index (κ2) is 9.12. The number of hydrogen-bond donors (Lipinski definition) is 1. The molecule has 1 saturated carbocycles. The lowest BCUT2D eigenvalue weighted by atomic mass is 9.90. The Bertz CT molecular complexity index is 1100. The van der Waals surface area contributed by atoms with E-state index in [4.69, 9.17) is 8.83 Å². The third-order valence-electron chi connectivity index (χ3n) is 6.23. The smallest absolute Gasteiger partial charge is 0.266 e. The van der Waals surface area contributed by atoms with Crippen molar-refractivity contribution >= 4 is 28.3 Å². The number of oxazole rings is 1. The molecule has 1 aliphatic carbocycles. The SMILES string of the molecule is N#Cc1nc(-c2ccco2)oc1N1CCC(C(=O)Nc2nnc(C3CCCCC3)s2)CC1. The van der Waals surface area contributed by atoms with E-state index in [-0.39, 0.29) is 23.4 Å². The zero-order chi connectivity index (χ0) is 21.9. The monoisotopic (exact) mass is 452 g/mol. The molecule has 0 spiro atoms. The maximum absolute atomic E-state index is 12.8. The van der Waals surface area contributed by atoms with E-state index in [1.807, 2.05) is 4.90 Å². The Morgan fingerprint density at radius 1 is 1.19 bits per heavy atom. The number of nitrogens with one attached hydrogen (secondary N) is 1. The average molecular weight is 453 g/mol. The first-order valence-corrected chi connectivity index (χ1v) is 11.9. The molecule has 1 saturated heterocycles. The molecule has 4 heterocycles. The predicted octanol–water partition coefficient (Wildman–Crippen LogP) is 4.56. The van der Waals surface area contributed by atoms with Crippen molar-refractivity contribution in [2.45, 2.75) is 50.9 Å². The molecule has 166 valence electrons. The molecule has 0 unspecified atom stereocenters. The van der Waals surface area contributed by atoms with Gasteiger partial charge in [0.05, 0.1) is 6.26 Å². The third-order valence-corrected chi connectivity index (χ3v) is 7.23. The third kappa shape index (κ3) is 4.25. The molecule has 10 heteroatoms. The molecule has 2 aliphatic rings. The lowest BCUT2D eigenvalue weighted by Crippen LogP contribution is -2.38. The highest BCUT2D eigenvalue weighted by atomic mass is 32.1. The Morgan fingerprint density at radius 3 is 2.72 bits per heavy atom. The predicted molar refractivity (Wildman–Crippen MR) is 118 cm³/mol. The number of anilines is 2. The molecule has 1 amide bonds. The van der Waals surface area contributed by atoms with Crippen LogP contribution < -0.4 is 10.2 Å². The maximum atomic E-state index is 12.8. The molecule has 1 N–H and O–H groups in total. The Morgan fingerprint density at radius 2 is 2.00 bits per heavy atom. The average Bonchev–Trinajstić information content (AvgIpc) is 3.60. The molecule has 0 bridgehead atoms. The van der Waals surface area contributed by atoms with Crippen LogP contribution in [0.3, 0.4) is 0 Å². The van der Waals surface area contributed by atoms with Crippen molar-refractivity contribution in [2.75, 3.05) is 23.3 Å². The Labute approximate surface area is 189 Å². The molecule has 1 aliphatic heterocycles. The second-order valence-corrected chi connectivity index (χ2v) is 9.30. The fourth-order valence-corrected chi connectivity index (χ4v) is 5.37. The van der Waals surface area contributed by atoms with E-state index >= 15 is 0 Å². The topological polar surface area (TPSA) is 121 Å². The van der Waals surface area contributed by atoms with Gasteiger partial charge in [-0.25, -0.2) is 0 Å². The lowest BCUT2D eigenvalue weighted by molar-refractivity contribution is -0.120. The van der Waals surface area contributed by atoms with Crippen LogP contribution in [0.4, 0.5) is 11.0 Å². The van der Waals surface area contributed by atoms with Crippen molar-refractivity contribution in [3.8, 4) is 17.7 Å². The van der Waals surface area contributed by atoms with Crippen LogP contribution in [0, 0.1) is 17.2 Å². The fourth-order valence-electron chi connectivity index (χ4n) is 4.46. The number of hydrogen-bond acceptors (Lipinski definition) is 9. The van der Waals surface area contributed by atoms with Crippen LogP contribution in [-0.4, -0.2) is 34.2 Å². The summed E-state index contributed by atoms with van der Waals surface area (Å²) < 4.78 is 11.1. The molecule has 0 atom stereocenters. The van der Waals surface area contributed by atoms with Crippen LogP contribution in [0.1, 0.15) is 61.6 Å². The number of rotatable bonds is 5. The Hall–Kier alpha value is -3.19. The second-order valence-electron chi connectivity index (χ2n) is 8.29. The summed E-state index contributed by atoms with van der Waals surface area (Å²) >= 11 is 1.50. The minimum Gasteiger partial charge on any atom is -0.459 e. The summed E-state index contributed by atoms with van der Waals surface area (Å²) in [6.07, 6.45) is 8.95.